The molecule has 0 amide bonds. The van der Waals surface area contributed by atoms with Crippen molar-refractivity contribution in [3.63, 3.8) is 0 Å². The van der Waals surface area contributed by atoms with Crippen LogP contribution in [0.3, 0.4) is 0 Å². The van der Waals surface area contributed by atoms with Gasteiger partial charge < -0.3 is 0 Å². The molecule has 0 bridgehead atoms. The van der Waals surface area contributed by atoms with E-state index in [-0.39, 0.29) is 6.54 Å². The molecule has 0 radical (unpaired) electrons. The van der Waals surface area contributed by atoms with Crippen molar-refractivity contribution in [1.29, 1.82) is 0 Å². The van der Waals surface area contributed by atoms with E-state index in [0.29, 0.717) is 16.5 Å². The second-order valence-corrected chi connectivity index (χ2v) is 9.47. The van der Waals surface area contributed by atoms with Crippen LogP contribution in [0.4, 0.5) is 0 Å². The molecule has 2 aromatic carbocycles. The number of halogens is 2. The van der Waals surface area contributed by atoms with E-state index in [1.165, 1.54) is 8.61 Å². The summed E-state index contributed by atoms with van der Waals surface area (Å²) in [7, 11) is -2.12. The van der Waals surface area contributed by atoms with Gasteiger partial charge in [0, 0.05) is 29.8 Å². The Balaban J connectivity index is 2.14. The van der Waals surface area contributed by atoms with E-state index >= 15 is 0 Å². The van der Waals surface area contributed by atoms with Gasteiger partial charge in [-0.25, -0.2) is 0 Å². The minimum Gasteiger partial charge on any atom is -0.268 e. The fourth-order valence-corrected chi connectivity index (χ4v) is 5.20. The number of hydrogen-bond acceptors (Lipinski definition) is 2. The lowest BCUT2D eigenvalue weighted by atomic mass is 9.96. The van der Waals surface area contributed by atoms with Crippen molar-refractivity contribution in [2.24, 2.45) is 0 Å². The molecule has 27 heavy (non-hydrogen) atoms. The van der Waals surface area contributed by atoms with Gasteiger partial charge in [0.2, 0.25) is 0 Å². The highest BCUT2D eigenvalue weighted by molar-refractivity contribution is 7.86. The maximum atomic E-state index is 13.1. The third kappa shape index (κ3) is 4.02. The summed E-state index contributed by atoms with van der Waals surface area (Å²) in [6.45, 7) is 4.27. The normalized spacial score (nSPS) is 19.8. The molecular weight excluding hydrogens is 403 g/mol. The summed E-state index contributed by atoms with van der Waals surface area (Å²) < 4.78 is 29.1. The summed E-state index contributed by atoms with van der Waals surface area (Å²) in [5, 5.41) is 0.979. The monoisotopic (exact) mass is 424 g/mol. The summed E-state index contributed by atoms with van der Waals surface area (Å²) in [4.78, 5) is 0. The van der Waals surface area contributed by atoms with E-state index in [0.717, 1.165) is 22.3 Å². The maximum Gasteiger partial charge on any atom is 0.304 e. The first-order valence-electron chi connectivity index (χ1n) is 8.70. The van der Waals surface area contributed by atoms with Gasteiger partial charge in [0.25, 0.3) is 0 Å². The van der Waals surface area contributed by atoms with Gasteiger partial charge >= 0.3 is 10.2 Å². The molecule has 1 atom stereocenters. The van der Waals surface area contributed by atoms with Gasteiger partial charge in [-0.05, 0) is 42.2 Å². The molecule has 0 N–H and O–H groups in total. The van der Waals surface area contributed by atoms with Crippen LogP contribution in [0.25, 0.3) is 0 Å². The molecule has 144 valence electrons. The van der Waals surface area contributed by atoms with Crippen molar-refractivity contribution in [2.75, 3.05) is 7.05 Å². The smallest absolute Gasteiger partial charge is 0.268 e. The first-order chi connectivity index (χ1) is 12.7. The highest BCUT2D eigenvalue weighted by atomic mass is 35.5. The molecule has 2 aromatic rings. The molecular formula is C20H22Cl2N2O2S. The molecule has 0 aromatic heterocycles. The van der Waals surface area contributed by atoms with Crippen molar-refractivity contribution in [2.45, 2.75) is 32.9 Å². The van der Waals surface area contributed by atoms with Crippen molar-refractivity contribution >= 4 is 33.4 Å². The topological polar surface area (TPSA) is 40.6 Å². The van der Waals surface area contributed by atoms with Gasteiger partial charge in [-0.3, -0.25) is 4.31 Å². The third-order valence-electron chi connectivity index (χ3n) is 4.77. The van der Waals surface area contributed by atoms with Gasteiger partial charge in [-0.15, -0.1) is 0 Å². The maximum absolute atomic E-state index is 13.1. The largest absolute Gasteiger partial charge is 0.304 e. The number of nitrogens with zero attached hydrogens (tertiary/aromatic N) is 2. The zero-order valence-corrected chi connectivity index (χ0v) is 17.8. The Labute approximate surface area is 171 Å². The number of aryl methyl sites for hydroxylation is 1. The van der Waals surface area contributed by atoms with E-state index in [9.17, 15) is 8.42 Å². The van der Waals surface area contributed by atoms with Crippen LogP contribution in [0.2, 0.25) is 10.0 Å². The van der Waals surface area contributed by atoms with Crippen LogP contribution >= 0.6 is 23.2 Å². The van der Waals surface area contributed by atoms with Crippen molar-refractivity contribution in [3.8, 4) is 0 Å². The summed E-state index contributed by atoms with van der Waals surface area (Å²) in [5.74, 6) is 0. The Morgan fingerprint density at radius 1 is 1.07 bits per heavy atom. The fraction of sp³-hybridized carbons (Fsp3) is 0.300. The van der Waals surface area contributed by atoms with Crippen LogP contribution in [-0.4, -0.2) is 24.1 Å². The van der Waals surface area contributed by atoms with Crippen LogP contribution in [0, 0.1) is 6.92 Å². The fourth-order valence-electron chi connectivity index (χ4n) is 3.26. The van der Waals surface area contributed by atoms with Crippen molar-refractivity contribution in [3.05, 3.63) is 81.0 Å². The molecule has 1 heterocycles. The Morgan fingerprint density at radius 2 is 1.74 bits per heavy atom. The number of hydrogen-bond donors (Lipinski definition) is 0. The number of benzene rings is 2. The van der Waals surface area contributed by atoms with Crippen LogP contribution in [0.5, 0.6) is 0 Å². The van der Waals surface area contributed by atoms with Gasteiger partial charge in [0.15, 0.2) is 0 Å². The predicted octanol–water partition coefficient (Wildman–Crippen LogP) is 5.33. The Kier molecular flexibility index (Phi) is 5.87. The van der Waals surface area contributed by atoms with Crippen LogP contribution < -0.4 is 0 Å². The van der Waals surface area contributed by atoms with Crippen LogP contribution in [0.15, 0.2) is 54.2 Å². The summed E-state index contributed by atoms with van der Waals surface area (Å²) in [6.07, 6.45) is 2.39. The molecule has 3 rings (SSSR count). The molecule has 0 saturated heterocycles. The standard InChI is InChI=1S/C20H22Cl2N2O2S/c1-4-16-13-23(3)27(25,26)24(12-15-7-5-14(2)6-8-15)20(16)18-10-9-17(21)11-19(18)22/h5-11,13,20H,4,12H2,1-3H3. The summed E-state index contributed by atoms with van der Waals surface area (Å²) in [6, 6.07) is 12.6. The van der Waals surface area contributed by atoms with E-state index < -0.39 is 16.3 Å². The zero-order valence-electron chi connectivity index (χ0n) is 15.5. The minimum atomic E-state index is -3.68. The van der Waals surface area contributed by atoms with E-state index in [4.69, 9.17) is 23.2 Å². The zero-order chi connectivity index (χ0) is 19.8. The molecule has 0 saturated carbocycles. The van der Waals surface area contributed by atoms with Crippen molar-refractivity contribution in [1.82, 2.24) is 8.61 Å². The lowest BCUT2D eigenvalue weighted by molar-refractivity contribution is 0.307. The molecule has 1 aliphatic rings. The average Bonchev–Trinajstić information content (AvgIpc) is 2.61. The van der Waals surface area contributed by atoms with Crippen LogP contribution in [-0.2, 0) is 16.8 Å². The highest BCUT2D eigenvalue weighted by Gasteiger charge is 2.40. The Morgan fingerprint density at radius 3 is 2.33 bits per heavy atom. The summed E-state index contributed by atoms with van der Waals surface area (Å²) >= 11 is 12.5. The third-order valence-corrected chi connectivity index (χ3v) is 7.10. The molecule has 1 aliphatic heterocycles. The first-order valence-corrected chi connectivity index (χ1v) is 10.8. The lowest BCUT2D eigenvalue weighted by Crippen LogP contribution is -2.45. The lowest BCUT2D eigenvalue weighted by Gasteiger charge is -2.40. The Bertz CT molecular complexity index is 972. The van der Waals surface area contributed by atoms with Crippen LogP contribution in [0.1, 0.15) is 36.1 Å². The predicted molar refractivity (Wildman–Crippen MR) is 111 cm³/mol. The average molecular weight is 425 g/mol. The van der Waals surface area contributed by atoms with Crippen molar-refractivity contribution < 1.29 is 8.42 Å². The Hall–Kier alpha value is -1.53. The van der Waals surface area contributed by atoms with E-state index in [1.54, 1.807) is 25.4 Å². The highest BCUT2D eigenvalue weighted by Crippen LogP contribution is 2.41. The van der Waals surface area contributed by atoms with Gasteiger partial charge in [0.05, 0.1) is 6.04 Å². The quantitative estimate of drug-likeness (QED) is 0.665. The minimum absolute atomic E-state index is 0.258. The van der Waals surface area contributed by atoms with Gasteiger partial charge in [-0.1, -0.05) is 66.0 Å². The molecule has 0 spiro atoms. The first kappa shape index (κ1) is 20.2. The van der Waals surface area contributed by atoms with E-state index in [2.05, 4.69) is 0 Å². The molecule has 1 unspecified atom stereocenters. The van der Waals surface area contributed by atoms with Gasteiger partial charge in [-0.2, -0.15) is 12.7 Å². The number of rotatable bonds is 4. The summed E-state index contributed by atoms with van der Waals surface area (Å²) in [5.41, 5.74) is 3.76. The van der Waals surface area contributed by atoms with E-state index in [1.807, 2.05) is 44.2 Å². The van der Waals surface area contributed by atoms with Gasteiger partial charge in [0.1, 0.15) is 0 Å². The molecule has 0 aliphatic carbocycles. The molecule has 7 heteroatoms. The molecule has 0 fully saturated rings. The second kappa shape index (κ2) is 7.84. The second-order valence-electron chi connectivity index (χ2n) is 6.68. The SMILES string of the molecule is CCC1=CN(C)S(=O)(=O)N(Cc2ccc(C)cc2)C1c1ccc(Cl)cc1Cl. The molecule has 4 nitrogen and oxygen atoms in total.